The van der Waals surface area contributed by atoms with Gasteiger partial charge < -0.3 is 5.11 Å². The van der Waals surface area contributed by atoms with Crippen molar-refractivity contribution in [2.45, 2.75) is 19.8 Å². The second-order valence-electron chi connectivity index (χ2n) is 3.95. The molecule has 0 saturated heterocycles. The summed E-state index contributed by atoms with van der Waals surface area (Å²) in [6, 6.07) is 7.96. The SMILES string of the molecule is Cc1ccccc1-c1csc(C(C)C(=O)O)n1. The molecule has 1 atom stereocenters. The summed E-state index contributed by atoms with van der Waals surface area (Å²) in [5.41, 5.74) is 3.07. The van der Waals surface area contributed by atoms with Crippen LogP contribution >= 0.6 is 11.3 Å². The molecule has 0 saturated carbocycles. The molecule has 0 bridgehead atoms. The van der Waals surface area contributed by atoms with Gasteiger partial charge in [0.2, 0.25) is 0 Å². The van der Waals surface area contributed by atoms with Crippen LogP contribution in [0.4, 0.5) is 0 Å². The summed E-state index contributed by atoms with van der Waals surface area (Å²) in [4.78, 5) is 15.3. The molecule has 88 valence electrons. The quantitative estimate of drug-likeness (QED) is 0.905. The number of rotatable bonds is 3. The number of hydrogen-bond acceptors (Lipinski definition) is 3. The summed E-state index contributed by atoms with van der Waals surface area (Å²) >= 11 is 1.40. The number of carboxylic acids is 1. The Hall–Kier alpha value is -1.68. The maximum Gasteiger partial charge on any atom is 0.313 e. The van der Waals surface area contributed by atoms with Crippen LogP contribution in [0, 0.1) is 6.92 Å². The third-order valence-electron chi connectivity index (χ3n) is 2.68. The van der Waals surface area contributed by atoms with Crippen LogP contribution in [0.25, 0.3) is 11.3 Å². The molecule has 2 rings (SSSR count). The monoisotopic (exact) mass is 247 g/mol. The van der Waals surface area contributed by atoms with Gasteiger partial charge >= 0.3 is 5.97 Å². The molecule has 1 N–H and O–H groups in total. The number of aryl methyl sites for hydroxylation is 1. The zero-order chi connectivity index (χ0) is 12.4. The second-order valence-corrected chi connectivity index (χ2v) is 4.84. The van der Waals surface area contributed by atoms with Crippen molar-refractivity contribution in [3.8, 4) is 11.3 Å². The molecule has 0 amide bonds. The fourth-order valence-electron chi connectivity index (χ4n) is 1.58. The Kier molecular flexibility index (Phi) is 3.24. The number of aliphatic carboxylic acids is 1. The van der Waals surface area contributed by atoms with Crippen LogP contribution in [0.15, 0.2) is 29.6 Å². The number of benzene rings is 1. The van der Waals surface area contributed by atoms with E-state index in [9.17, 15) is 4.79 Å². The molecule has 0 aliphatic rings. The highest BCUT2D eigenvalue weighted by atomic mass is 32.1. The fourth-order valence-corrected chi connectivity index (χ4v) is 2.44. The minimum Gasteiger partial charge on any atom is -0.481 e. The molecule has 0 spiro atoms. The standard InChI is InChI=1S/C13H13NO2S/c1-8-5-3-4-6-10(8)11-7-17-12(14-11)9(2)13(15)16/h3-7,9H,1-2H3,(H,15,16). The van der Waals surface area contributed by atoms with Crippen LogP contribution in [0.3, 0.4) is 0 Å². The lowest BCUT2D eigenvalue weighted by Gasteiger charge is -2.02. The average Bonchev–Trinajstić information content (AvgIpc) is 2.77. The van der Waals surface area contributed by atoms with Gasteiger partial charge in [-0.15, -0.1) is 11.3 Å². The van der Waals surface area contributed by atoms with E-state index in [1.165, 1.54) is 11.3 Å². The van der Waals surface area contributed by atoms with Crippen LogP contribution in [-0.2, 0) is 4.79 Å². The highest BCUT2D eigenvalue weighted by Gasteiger charge is 2.18. The van der Waals surface area contributed by atoms with E-state index in [1.54, 1.807) is 6.92 Å². The Balaban J connectivity index is 2.37. The van der Waals surface area contributed by atoms with Gasteiger partial charge in [0, 0.05) is 10.9 Å². The molecule has 0 aliphatic carbocycles. The van der Waals surface area contributed by atoms with Gasteiger partial charge in [-0.25, -0.2) is 4.98 Å². The number of hydrogen-bond donors (Lipinski definition) is 1. The maximum atomic E-state index is 10.9. The van der Waals surface area contributed by atoms with Crippen LogP contribution in [-0.4, -0.2) is 16.1 Å². The Labute approximate surface area is 104 Å². The maximum absolute atomic E-state index is 10.9. The zero-order valence-corrected chi connectivity index (χ0v) is 10.5. The van der Waals surface area contributed by atoms with Crippen molar-refractivity contribution in [1.82, 2.24) is 4.98 Å². The molecule has 1 unspecified atom stereocenters. The van der Waals surface area contributed by atoms with Crippen molar-refractivity contribution >= 4 is 17.3 Å². The summed E-state index contributed by atoms with van der Waals surface area (Å²) in [7, 11) is 0. The molecule has 4 heteroatoms. The molecular formula is C13H13NO2S. The smallest absolute Gasteiger partial charge is 0.313 e. The van der Waals surface area contributed by atoms with Crippen molar-refractivity contribution < 1.29 is 9.90 Å². The first-order valence-electron chi connectivity index (χ1n) is 5.34. The van der Waals surface area contributed by atoms with Gasteiger partial charge in [0.25, 0.3) is 0 Å². The molecule has 1 heterocycles. The van der Waals surface area contributed by atoms with Crippen LogP contribution in [0.2, 0.25) is 0 Å². The molecule has 0 fully saturated rings. The topological polar surface area (TPSA) is 50.2 Å². The van der Waals surface area contributed by atoms with Crippen molar-refractivity contribution in [2.75, 3.05) is 0 Å². The summed E-state index contributed by atoms with van der Waals surface area (Å²) < 4.78 is 0. The summed E-state index contributed by atoms with van der Waals surface area (Å²) in [5, 5.41) is 11.5. The molecule has 2 aromatic rings. The van der Waals surface area contributed by atoms with E-state index in [1.807, 2.05) is 36.6 Å². The van der Waals surface area contributed by atoms with Gasteiger partial charge in [0.15, 0.2) is 0 Å². The van der Waals surface area contributed by atoms with Gasteiger partial charge in [-0.3, -0.25) is 4.79 Å². The lowest BCUT2D eigenvalue weighted by molar-refractivity contribution is -0.138. The average molecular weight is 247 g/mol. The van der Waals surface area contributed by atoms with Gasteiger partial charge in [-0.05, 0) is 19.4 Å². The van der Waals surface area contributed by atoms with Crippen LogP contribution < -0.4 is 0 Å². The Morgan fingerprint density at radius 2 is 2.12 bits per heavy atom. The molecule has 0 radical (unpaired) electrons. The predicted octanol–water partition coefficient (Wildman–Crippen LogP) is 3.31. The number of nitrogens with zero attached hydrogens (tertiary/aromatic N) is 1. The number of carbonyl (C=O) groups is 1. The van der Waals surface area contributed by atoms with Crippen molar-refractivity contribution in [3.63, 3.8) is 0 Å². The van der Waals surface area contributed by atoms with Crippen LogP contribution in [0.1, 0.15) is 23.4 Å². The second kappa shape index (κ2) is 4.67. The zero-order valence-electron chi connectivity index (χ0n) is 9.68. The minimum atomic E-state index is -0.837. The van der Waals surface area contributed by atoms with E-state index in [2.05, 4.69) is 4.98 Å². The van der Waals surface area contributed by atoms with Gasteiger partial charge in [-0.2, -0.15) is 0 Å². The van der Waals surface area contributed by atoms with Gasteiger partial charge in [-0.1, -0.05) is 24.3 Å². The fraction of sp³-hybridized carbons (Fsp3) is 0.231. The van der Waals surface area contributed by atoms with E-state index < -0.39 is 11.9 Å². The summed E-state index contributed by atoms with van der Waals surface area (Å²) in [5.74, 6) is -1.38. The van der Waals surface area contributed by atoms with Crippen molar-refractivity contribution in [3.05, 3.63) is 40.2 Å². The molecule has 1 aromatic carbocycles. The van der Waals surface area contributed by atoms with Gasteiger partial charge in [0.1, 0.15) is 10.9 Å². The molecule has 17 heavy (non-hydrogen) atoms. The highest BCUT2D eigenvalue weighted by Crippen LogP contribution is 2.28. The molecule has 3 nitrogen and oxygen atoms in total. The third kappa shape index (κ3) is 2.36. The van der Waals surface area contributed by atoms with Crippen molar-refractivity contribution in [2.24, 2.45) is 0 Å². The summed E-state index contributed by atoms with van der Waals surface area (Å²) in [6.07, 6.45) is 0. The third-order valence-corrected chi connectivity index (χ3v) is 3.71. The number of thiazole rings is 1. The number of aromatic nitrogens is 1. The van der Waals surface area contributed by atoms with Crippen molar-refractivity contribution in [1.29, 1.82) is 0 Å². The van der Waals surface area contributed by atoms with Crippen LogP contribution in [0.5, 0.6) is 0 Å². The van der Waals surface area contributed by atoms with E-state index >= 15 is 0 Å². The molecule has 1 aromatic heterocycles. The highest BCUT2D eigenvalue weighted by molar-refractivity contribution is 7.10. The van der Waals surface area contributed by atoms with E-state index in [0.717, 1.165) is 16.8 Å². The Bertz CT molecular complexity index is 548. The van der Waals surface area contributed by atoms with E-state index in [-0.39, 0.29) is 0 Å². The molecule has 0 aliphatic heterocycles. The number of carboxylic acid groups (broad SMARTS) is 1. The summed E-state index contributed by atoms with van der Waals surface area (Å²) in [6.45, 7) is 3.68. The first-order chi connectivity index (χ1) is 8.09. The lowest BCUT2D eigenvalue weighted by atomic mass is 10.1. The predicted molar refractivity (Wildman–Crippen MR) is 68.3 cm³/mol. The first kappa shape index (κ1) is 11.8. The first-order valence-corrected chi connectivity index (χ1v) is 6.22. The minimum absolute atomic E-state index is 0.544. The lowest BCUT2D eigenvalue weighted by Crippen LogP contribution is -2.06. The van der Waals surface area contributed by atoms with Gasteiger partial charge in [0.05, 0.1) is 5.69 Å². The molecular weight excluding hydrogens is 234 g/mol. The normalized spacial score (nSPS) is 12.4. The Morgan fingerprint density at radius 1 is 1.41 bits per heavy atom. The largest absolute Gasteiger partial charge is 0.481 e. The van der Waals surface area contributed by atoms with E-state index in [0.29, 0.717) is 5.01 Å². The Morgan fingerprint density at radius 3 is 2.76 bits per heavy atom. The van der Waals surface area contributed by atoms with E-state index in [4.69, 9.17) is 5.11 Å².